The van der Waals surface area contributed by atoms with E-state index in [0.29, 0.717) is 31.6 Å². The average Bonchev–Trinajstić information content (AvgIpc) is 2.53. The van der Waals surface area contributed by atoms with Crippen LogP contribution in [0.4, 0.5) is 0 Å². The molecule has 0 aromatic carbocycles. The van der Waals surface area contributed by atoms with Gasteiger partial charge in [-0.25, -0.2) is 9.13 Å². The van der Waals surface area contributed by atoms with Crippen molar-refractivity contribution in [3.05, 3.63) is 0 Å². The fraction of sp³-hybridized carbons (Fsp3) is 0.944. The lowest BCUT2D eigenvalue weighted by atomic mass is 9.99. The van der Waals surface area contributed by atoms with Gasteiger partial charge in [-0.05, 0) is 43.4 Å². The number of hydrogen-bond donors (Lipinski definition) is 3. The maximum atomic E-state index is 13.1. The number of ether oxygens (including phenoxy) is 4. The second-order valence-electron chi connectivity index (χ2n) is 27.2. The van der Waals surface area contributed by atoms with E-state index in [-0.39, 0.29) is 25.7 Å². The molecule has 17 nitrogen and oxygen atoms in total. The van der Waals surface area contributed by atoms with Crippen molar-refractivity contribution < 1.29 is 80.2 Å². The Balaban J connectivity index is 5.11. The van der Waals surface area contributed by atoms with Crippen molar-refractivity contribution >= 4 is 39.5 Å². The van der Waals surface area contributed by atoms with Crippen LogP contribution in [0, 0.1) is 17.8 Å². The van der Waals surface area contributed by atoms with Crippen LogP contribution in [0.25, 0.3) is 0 Å². The second kappa shape index (κ2) is 62.8. The molecule has 0 aliphatic rings. The molecule has 0 bridgehead atoms. The van der Waals surface area contributed by atoms with E-state index in [1.54, 1.807) is 0 Å². The molecule has 0 radical (unpaired) electrons. The first-order valence-electron chi connectivity index (χ1n) is 37.4. The number of phosphoric acid groups is 2. The Bertz CT molecular complexity index is 1790. The van der Waals surface area contributed by atoms with Crippen LogP contribution in [0.2, 0.25) is 0 Å². The summed E-state index contributed by atoms with van der Waals surface area (Å²) in [4.78, 5) is 72.3. The SMILES string of the molecule is CCCCCCCC(=O)OC[C@H](COP(=O)(O)OC[C@H](O)COP(=O)(O)OC[C@@H](COC(=O)CCCCCCCCCCCCCC(C)C)OC(=O)CCCCCCCCCCCCCCCCCCCCC(C)CC)OC(=O)CCCCCCCCCC(C)C. The Labute approximate surface area is 556 Å². The van der Waals surface area contributed by atoms with E-state index in [1.165, 1.54) is 167 Å². The van der Waals surface area contributed by atoms with Crippen LogP contribution in [0.5, 0.6) is 0 Å². The summed E-state index contributed by atoms with van der Waals surface area (Å²) in [5.74, 6) is 0.200. The average molecular weight is 1340 g/mol. The highest BCUT2D eigenvalue weighted by atomic mass is 31.2. The molecular weight excluding hydrogens is 1200 g/mol. The molecule has 0 aliphatic heterocycles. The largest absolute Gasteiger partial charge is 0.472 e. The smallest absolute Gasteiger partial charge is 0.462 e. The highest BCUT2D eigenvalue weighted by Gasteiger charge is 2.30. The van der Waals surface area contributed by atoms with Gasteiger partial charge in [-0.15, -0.1) is 0 Å². The van der Waals surface area contributed by atoms with E-state index in [2.05, 4.69) is 48.5 Å². The molecule has 0 fully saturated rings. The number of esters is 4. The highest BCUT2D eigenvalue weighted by molar-refractivity contribution is 7.47. The van der Waals surface area contributed by atoms with Gasteiger partial charge >= 0.3 is 39.5 Å². The lowest BCUT2D eigenvalue weighted by Crippen LogP contribution is -2.30. The minimum atomic E-state index is -4.95. The van der Waals surface area contributed by atoms with Gasteiger partial charge in [-0.1, -0.05) is 312 Å². The monoisotopic (exact) mass is 1340 g/mol. The first-order valence-corrected chi connectivity index (χ1v) is 40.4. The normalized spacial score (nSPS) is 14.5. The number of unbranched alkanes of at least 4 members (excludes halogenated alkanes) is 37. The molecule has 0 heterocycles. The van der Waals surface area contributed by atoms with Crippen molar-refractivity contribution in [2.45, 2.75) is 381 Å². The van der Waals surface area contributed by atoms with Gasteiger partial charge < -0.3 is 33.8 Å². The highest BCUT2D eigenvalue weighted by Crippen LogP contribution is 2.45. The van der Waals surface area contributed by atoms with Crippen LogP contribution in [0.15, 0.2) is 0 Å². The minimum absolute atomic E-state index is 0.102. The number of hydrogen-bond acceptors (Lipinski definition) is 15. The van der Waals surface area contributed by atoms with Gasteiger partial charge in [0, 0.05) is 25.7 Å². The van der Waals surface area contributed by atoms with Crippen molar-refractivity contribution in [1.29, 1.82) is 0 Å². The number of carbonyl (C=O) groups excluding carboxylic acids is 4. The predicted molar refractivity (Wildman–Crippen MR) is 368 cm³/mol. The standard InChI is InChI=1S/C72H140O17P2/c1-8-10-11-36-46-53-69(74)82-59-67(88-72(77)56-49-42-35-29-31-38-44-51-64(5)6)61-86-90(78,79)84-57-66(73)58-85-91(80,81)87-62-68(60-83-70(75)54-47-40-33-27-24-20-21-25-30-37-43-50-63(3)4)89-71(76)55-48-41-34-28-23-19-17-15-13-12-14-16-18-22-26-32-39-45-52-65(7)9-2/h63-68,73H,8-62H2,1-7H3,(H,78,79)(H,80,81)/t65?,66-,67+,68+/m0/s1. The Hall–Kier alpha value is -1.94. The third kappa shape index (κ3) is 65.1. The summed E-state index contributed by atoms with van der Waals surface area (Å²) in [5, 5.41) is 10.6. The van der Waals surface area contributed by atoms with Crippen LogP contribution in [0.3, 0.4) is 0 Å². The third-order valence-electron chi connectivity index (χ3n) is 17.0. The zero-order valence-electron chi connectivity index (χ0n) is 59.3. The van der Waals surface area contributed by atoms with Gasteiger partial charge in [-0.2, -0.15) is 0 Å². The lowest BCUT2D eigenvalue weighted by molar-refractivity contribution is -0.161. The van der Waals surface area contributed by atoms with Gasteiger partial charge in [0.1, 0.15) is 19.3 Å². The van der Waals surface area contributed by atoms with Crippen LogP contribution in [-0.4, -0.2) is 96.7 Å². The van der Waals surface area contributed by atoms with Crippen molar-refractivity contribution in [1.82, 2.24) is 0 Å². The van der Waals surface area contributed by atoms with Crippen LogP contribution < -0.4 is 0 Å². The first kappa shape index (κ1) is 89.1. The Morgan fingerprint density at radius 2 is 0.560 bits per heavy atom. The summed E-state index contributed by atoms with van der Waals surface area (Å²) in [6.07, 6.45) is 47.8. The van der Waals surface area contributed by atoms with E-state index >= 15 is 0 Å². The number of aliphatic hydroxyl groups is 1. The van der Waals surface area contributed by atoms with E-state index in [9.17, 15) is 43.2 Å². The van der Waals surface area contributed by atoms with E-state index in [1.807, 2.05) is 0 Å². The molecule has 91 heavy (non-hydrogen) atoms. The van der Waals surface area contributed by atoms with Gasteiger partial charge in [0.15, 0.2) is 12.2 Å². The number of phosphoric ester groups is 2. The minimum Gasteiger partial charge on any atom is -0.462 e. The topological polar surface area (TPSA) is 237 Å². The Morgan fingerprint density at radius 3 is 0.835 bits per heavy atom. The molecule has 3 N–H and O–H groups in total. The molecule has 0 rings (SSSR count). The number of carbonyl (C=O) groups is 4. The van der Waals surface area contributed by atoms with Crippen molar-refractivity contribution in [2.75, 3.05) is 39.6 Å². The molecule has 0 amide bonds. The van der Waals surface area contributed by atoms with Crippen LogP contribution >= 0.6 is 15.6 Å². The summed E-state index contributed by atoms with van der Waals surface area (Å²) in [7, 11) is -9.89. The molecule has 19 heteroatoms. The summed E-state index contributed by atoms with van der Waals surface area (Å²) >= 11 is 0. The molecule has 6 atom stereocenters. The molecule has 0 saturated heterocycles. The molecule has 0 aromatic heterocycles. The molecule has 0 aliphatic carbocycles. The Kier molecular flexibility index (Phi) is 61.5. The summed E-state index contributed by atoms with van der Waals surface area (Å²) in [6.45, 7) is 11.8. The van der Waals surface area contributed by atoms with E-state index in [4.69, 9.17) is 37.0 Å². The van der Waals surface area contributed by atoms with Gasteiger partial charge in [0.2, 0.25) is 0 Å². The van der Waals surface area contributed by atoms with E-state index < -0.39 is 97.5 Å². The number of rotatable bonds is 70. The van der Waals surface area contributed by atoms with Gasteiger partial charge in [0.25, 0.3) is 0 Å². The van der Waals surface area contributed by atoms with Crippen molar-refractivity contribution in [2.24, 2.45) is 17.8 Å². The molecule has 0 spiro atoms. The molecule has 0 aromatic rings. The molecule has 3 unspecified atom stereocenters. The van der Waals surface area contributed by atoms with Gasteiger partial charge in [0.05, 0.1) is 26.4 Å². The van der Waals surface area contributed by atoms with Gasteiger partial charge in [-0.3, -0.25) is 37.3 Å². The zero-order valence-corrected chi connectivity index (χ0v) is 61.1. The van der Waals surface area contributed by atoms with Crippen molar-refractivity contribution in [3.63, 3.8) is 0 Å². The summed E-state index contributed by atoms with van der Waals surface area (Å²) in [5.41, 5.74) is 0. The van der Waals surface area contributed by atoms with E-state index in [0.717, 1.165) is 108 Å². The summed E-state index contributed by atoms with van der Waals surface area (Å²) < 4.78 is 68.1. The predicted octanol–water partition coefficient (Wildman–Crippen LogP) is 20.6. The molecule has 0 saturated carbocycles. The zero-order chi connectivity index (χ0) is 67.3. The Morgan fingerprint density at radius 1 is 0.319 bits per heavy atom. The fourth-order valence-electron chi connectivity index (χ4n) is 10.9. The fourth-order valence-corrected chi connectivity index (χ4v) is 12.4. The summed E-state index contributed by atoms with van der Waals surface area (Å²) in [6, 6.07) is 0. The second-order valence-corrected chi connectivity index (χ2v) is 30.1. The molecular formula is C72H140O17P2. The van der Waals surface area contributed by atoms with Crippen LogP contribution in [0.1, 0.15) is 363 Å². The number of aliphatic hydroxyl groups excluding tert-OH is 1. The molecule has 540 valence electrons. The maximum absolute atomic E-state index is 13.1. The van der Waals surface area contributed by atoms with Crippen molar-refractivity contribution in [3.8, 4) is 0 Å². The van der Waals surface area contributed by atoms with Crippen LogP contribution in [-0.2, 0) is 65.4 Å². The lowest BCUT2D eigenvalue weighted by Gasteiger charge is -2.21. The maximum Gasteiger partial charge on any atom is 0.472 e. The first-order chi connectivity index (χ1) is 43.8. The third-order valence-corrected chi connectivity index (χ3v) is 18.9. The quantitative estimate of drug-likeness (QED) is 0.0222.